The van der Waals surface area contributed by atoms with E-state index in [2.05, 4.69) is 38.7 Å². The van der Waals surface area contributed by atoms with Crippen molar-refractivity contribution in [3.05, 3.63) is 46.1 Å². The molecule has 1 aliphatic rings. The van der Waals surface area contributed by atoms with Crippen LogP contribution in [0.1, 0.15) is 26.7 Å². The van der Waals surface area contributed by atoms with Crippen LogP contribution in [0.4, 0.5) is 23.0 Å². The van der Waals surface area contributed by atoms with E-state index in [0.29, 0.717) is 23.3 Å². The van der Waals surface area contributed by atoms with Crippen molar-refractivity contribution in [2.75, 3.05) is 23.3 Å². The number of aromatic nitrogens is 4. The zero-order chi connectivity index (χ0) is 21.1. The van der Waals surface area contributed by atoms with Gasteiger partial charge in [-0.2, -0.15) is 0 Å². The summed E-state index contributed by atoms with van der Waals surface area (Å²) in [4.78, 5) is 21.9. The zero-order valence-corrected chi connectivity index (χ0v) is 17.7. The van der Waals surface area contributed by atoms with Gasteiger partial charge in [0.2, 0.25) is 11.6 Å². The van der Waals surface area contributed by atoms with Gasteiger partial charge in [-0.05, 0) is 48.3 Å². The monoisotopic (exact) mass is 425 g/mol. The van der Waals surface area contributed by atoms with Crippen molar-refractivity contribution in [2.45, 2.75) is 26.7 Å². The smallest absolute Gasteiger partial charge is 0.351 e. The second-order valence-corrected chi connectivity index (χ2v) is 8.32. The zero-order valence-electron chi connectivity index (χ0n) is 16.9. The summed E-state index contributed by atoms with van der Waals surface area (Å²) < 4.78 is 3.87. The Balaban J connectivity index is 1.57. The third-order valence-corrected chi connectivity index (χ3v) is 6.08. The molecule has 0 saturated carbocycles. The van der Waals surface area contributed by atoms with Crippen molar-refractivity contribution in [3.63, 3.8) is 0 Å². The lowest BCUT2D eigenvalue weighted by Gasteiger charge is -2.34. The van der Waals surface area contributed by atoms with Gasteiger partial charge in [0.25, 0.3) is 0 Å². The van der Waals surface area contributed by atoms with E-state index in [0.717, 1.165) is 37.2 Å². The molecule has 156 valence electrons. The minimum absolute atomic E-state index is 0.0896. The van der Waals surface area contributed by atoms with Crippen molar-refractivity contribution in [1.29, 1.82) is 0 Å². The molecule has 0 aliphatic carbocycles. The van der Waals surface area contributed by atoms with Crippen LogP contribution in [0.15, 0.2) is 36.0 Å². The van der Waals surface area contributed by atoms with Crippen LogP contribution in [0.3, 0.4) is 0 Å². The number of nitrogens with one attached hydrogen (secondary N) is 1. The average molecular weight is 426 g/mol. The molecular formula is C20H23N7O2S. The number of anilines is 3. The number of hydrogen-bond donors (Lipinski definition) is 1. The van der Waals surface area contributed by atoms with Crippen LogP contribution in [-0.2, 0) is 0 Å². The van der Waals surface area contributed by atoms with E-state index in [1.807, 2.05) is 34.5 Å². The SMILES string of the molecule is CC(C)C1CCN(c2ncnc(Nc3ccc(-c4csnn4)cc3)c2[N+](=O)[O-])CC1. The normalized spacial score (nSPS) is 14.8. The van der Waals surface area contributed by atoms with Crippen molar-refractivity contribution in [1.82, 2.24) is 19.6 Å². The molecule has 0 radical (unpaired) electrons. The summed E-state index contributed by atoms with van der Waals surface area (Å²) in [6, 6.07) is 7.47. The predicted octanol–water partition coefficient (Wildman–Crippen LogP) is 4.52. The molecule has 0 amide bonds. The van der Waals surface area contributed by atoms with Crippen molar-refractivity contribution in [3.8, 4) is 11.3 Å². The average Bonchev–Trinajstić information content (AvgIpc) is 3.29. The highest BCUT2D eigenvalue weighted by atomic mass is 32.1. The minimum Gasteiger partial charge on any atom is -0.351 e. The molecule has 1 N–H and O–H groups in total. The minimum atomic E-state index is -0.401. The van der Waals surface area contributed by atoms with Crippen LogP contribution < -0.4 is 10.2 Å². The molecule has 1 aliphatic heterocycles. The molecule has 9 nitrogen and oxygen atoms in total. The molecule has 0 atom stereocenters. The summed E-state index contributed by atoms with van der Waals surface area (Å²) in [6.45, 7) is 5.98. The predicted molar refractivity (Wildman–Crippen MR) is 117 cm³/mol. The van der Waals surface area contributed by atoms with E-state index < -0.39 is 4.92 Å². The molecular weight excluding hydrogens is 402 g/mol. The first-order chi connectivity index (χ1) is 14.5. The van der Waals surface area contributed by atoms with Gasteiger partial charge in [-0.1, -0.05) is 30.5 Å². The van der Waals surface area contributed by atoms with Gasteiger partial charge >= 0.3 is 5.69 Å². The fourth-order valence-electron chi connectivity index (χ4n) is 3.79. The van der Waals surface area contributed by atoms with Crippen LogP contribution in [-0.4, -0.2) is 37.6 Å². The lowest BCUT2D eigenvalue weighted by molar-refractivity contribution is -0.383. The van der Waals surface area contributed by atoms with Gasteiger partial charge in [0.15, 0.2) is 0 Å². The van der Waals surface area contributed by atoms with E-state index >= 15 is 0 Å². The largest absolute Gasteiger partial charge is 0.353 e. The molecule has 0 spiro atoms. The van der Waals surface area contributed by atoms with Crippen LogP contribution >= 0.6 is 11.5 Å². The van der Waals surface area contributed by atoms with Crippen molar-refractivity contribution >= 4 is 34.5 Å². The molecule has 1 saturated heterocycles. The van der Waals surface area contributed by atoms with Gasteiger partial charge in [-0.15, -0.1) is 5.10 Å². The second-order valence-electron chi connectivity index (χ2n) is 7.71. The van der Waals surface area contributed by atoms with Crippen molar-refractivity contribution < 1.29 is 4.92 Å². The van der Waals surface area contributed by atoms with Crippen LogP contribution in [0.5, 0.6) is 0 Å². The Bertz CT molecular complexity index is 1000. The Kier molecular flexibility index (Phi) is 5.84. The van der Waals surface area contributed by atoms with E-state index in [9.17, 15) is 10.1 Å². The van der Waals surface area contributed by atoms with Gasteiger partial charge in [-0.3, -0.25) is 10.1 Å². The van der Waals surface area contributed by atoms with Gasteiger partial charge in [0, 0.05) is 29.7 Å². The first kappa shape index (κ1) is 20.1. The molecule has 1 fully saturated rings. The van der Waals surface area contributed by atoms with Crippen LogP contribution in [0.2, 0.25) is 0 Å². The number of piperidine rings is 1. The maximum Gasteiger partial charge on any atom is 0.353 e. The molecule has 0 bridgehead atoms. The second kappa shape index (κ2) is 8.70. The van der Waals surface area contributed by atoms with Gasteiger partial charge in [-0.25, -0.2) is 9.97 Å². The lowest BCUT2D eigenvalue weighted by Crippen LogP contribution is -2.36. The van der Waals surface area contributed by atoms with E-state index in [1.54, 1.807) is 0 Å². The maximum atomic E-state index is 11.9. The Morgan fingerprint density at radius 3 is 2.53 bits per heavy atom. The number of nitrogens with zero attached hydrogens (tertiary/aromatic N) is 6. The van der Waals surface area contributed by atoms with Crippen molar-refractivity contribution in [2.24, 2.45) is 11.8 Å². The molecule has 2 aromatic heterocycles. The molecule has 3 heterocycles. The highest BCUT2D eigenvalue weighted by Crippen LogP contribution is 2.36. The third kappa shape index (κ3) is 4.23. The summed E-state index contributed by atoms with van der Waals surface area (Å²) in [5.74, 6) is 1.84. The van der Waals surface area contributed by atoms with E-state index in [4.69, 9.17) is 0 Å². The quantitative estimate of drug-likeness (QED) is 0.453. The summed E-state index contributed by atoms with van der Waals surface area (Å²) in [5, 5.41) is 20.9. The van der Waals surface area contributed by atoms with Gasteiger partial charge < -0.3 is 10.2 Å². The van der Waals surface area contributed by atoms with Gasteiger partial charge in [0.05, 0.1) is 4.92 Å². The van der Waals surface area contributed by atoms with Gasteiger partial charge in [0.1, 0.15) is 12.0 Å². The number of nitro groups is 1. The Labute approximate surface area is 178 Å². The summed E-state index contributed by atoms with van der Waals surface area (Å²) in [7, 11) is 0. The Hall–Kier alpha value is -3.14. The standard InChI is InChI=1S/C20H23N7O2S/c1-13(2)14-7-9-26(10-8-14)20-18(27(28)29)19(21-12-22-20)23-16-5-3-15(4-6-16)17-11-30-25-24-17/h3-6,11-14H,7-10H2,1-2H3,(H,21,22,23). The number of rotatable bonds is 6. The number of benzene rings is 1. The third-order valence-electron chi connectivity index (χ3n) is 5.57. The number of hydrogen-bond acceptors (Lipinski definition) is 9. The van der Waals surface area contributed by atoms with Crippen LogP contribution in [0, 0.1) is 22.0 Å². The molecule has 1 aromatic carbocycles. The molecule has 0 unspecified atom stereocenters. The fourth-order valence-corrected chi connectivity index (χ4v) is 4.26. The molecule has 4 rings (SSSR count). The summed E-state index contributed by atoms with van der Waals surface area (Å²) in [6.07, 6.45) is 3.40. The molecule has 10 heteroatoms. The topological polar surface area (TPSA) is 110 Å². The molecule has 30 heavy (non-hydrogen) atoms. The fraction of sp³-hybridized carbons (Fsp3) is 0.400. The molecule has 3 aromatic rings. The first-order valence-corrected chi connectivity index (χ1v) is 10.8. The summed E-state index contributed by atoms with van der Waals surface area (Å²) >= 11 is 1.29. The highest BCUT2D eigenvalue weighted by molar-refractivity contribution is 7.03. The summed E-state index contributed by atoms with van der Waals surface area (Å²) in [5.41, 5.74) is 2.34. The van der Waals surface area contributed by atoms with E-state index in [1.165, 1.54) is 17.9 Å². The first-order valence-electron chi connectivity index (χ1n) is 9.91. The lowest BCUT2D eigenvalue weighted by atomic mass is 9.87. The Morgan fingerprint density at radius 1 is 1.20 bits per heavy atom. The van der Waals surface area contributed by atoms with E-state index in [-0.39, 0.29) is 11.5 Å². The van der Waals surface area contributed by atoms with Crippen LogP contribution in [0.25, 0.3) is 11.3 Å². The highest BCUT2D eigenvalue weighted by Gasteiger charge is 2.30. The Morgan fingerprint density at radius 2 is 1.93 bits per heavy atom. The maximum absolute atomic E-state index is 11.9.